The highest BCUT2D eigenvalue weighted by Gasteiger charge is 2.44. The van der Waals surface area contributed by atoms with E-state index in [0.29, 0.717) is 29.8 Å². The van der Waals surface area contributed by atoms with Crippen molar-refractivity contribution >= 4 is 38.8 Å². The average molecular weight is 528 g/mol. The quantitative estimate of drug-likeness (QED) is 0.247. The Morgan fingerprint density at radius 2 is 1.79 bits per heavy atom. The second-order valence-corrected chi connectivity index (χ2v) is 9.23. The van der Waals surface area contributed by atoms with E-state index in [2.05, 4.69) is 20.3 Å². The fourth-order valence-corrected chi connectivity index (χ4v) is 5.09. The number of nitrogen functional groups attached to an aromatic ring is 1. The maximum Gasteiger partial charge on any atom is 0.416 e. The zero-order valence-corrected chi connectivity index (χ0v) is 19.9. The first-order valence-electron chi connectivity index (χ1n) is 12.0. The van der Waals surface area contributed by atoms with E-state index in [4.69, 9.17) is 10.5 Å². The van der Waals surface area contributed by atoms with Crippen LogP contribution in [0.1, 0.15) is 11.8 Å². The van der Waals surface area contributed by atoms with Crippen LogP contribution in [0, 0.1) is 0 Å². The number of ether oxygens (including phenoxy) is 1. The summed E-state index contributed by atoms with van der Waals surface area (Å²) in [5.74, 6) is 0.187. The largest absolute Gasteiger partial charge is 0.416 e. The molecule has 4 unspecified atom stereocenters. The molecular weight excluding hydrogens is 503 g/mol. The fourth-order valence-electron chi connectivity index (χ4n) is 5.09. The molecule has 0 radical (unpaired) electrons. The zero-order chi connectivity index (χ0) is 26.6. The highest BCUT2D eigenvalue weighted by molar-refractivity contribution is 6.08. The Balaban J connectivity index is 1.18. The van der Waals surface area contributed by atoms with E-state index in [9.17, 15) is 23.4 Å². The van der Waals surface area contributed by atoms with E-state index in [1.54, 1.807) is 0 Å². The Hall–Kier alpha value is -3.78. The van der Waals surface area contributed by atoms with Crippen LogP contribution in [-0.4, -0.2) is 65.7 Å². The summed E-state index contributed by atoms with van der Waals surface area (Å²) in [7, 11) is 0. The van der Waals surface area contributed by atoms with Gasteiger partial charge in [-0.3, -0.25) is 4.57 Å². The van der Waals surface area contributed by atoms with Gasteiger partial charge in [0.1, 0.15) is 30.2 Å². The van der Waals surface area contributed by atoms with Crippen LogP contribution >= 0.6 is 0 Å². The van der Waals surface area contributed by atoms with E-state index >= 15 is 0 Å². The van der Waals surface area contributed by atoms with Crippen molar-refractivity contribution in [2.24, 2.45) is 0 Å². The fraction of sp³-hybridized carbons (Fsp3) is 0.320. The lowest BCUT2D eigenvalue weighted by Crippen LogP contribution is -2.38. The highest BCUT2D eigenvalue weighted by Crippen LogP contribution is 2.35. The third-order valence-electron chi connectivity index (χ3n) is 6.96. The van der Waals surface area contributed by atoms with Crippen molar-refractivity contribution < 1.29 is 28.1 Å². The molecule has 38 heavy (non-hydrogen) atoms. The van der Waals surface area contributed by atoms with Crippen LogP contribution in [0.5, 0.6) is 0 Å². The van der Waals surface area contributed by atoms with Crippen molar-refractivity contribution in [3.63, 3.8) is 0 Å². The van der Waals surface area contributed by atoms with Gasteiger partial charge in [0.2, 0.25) is 0 Å². The number of aromatic nitrogens is 5. The Morgan fingerprint density at radius 3 is 2.61 bits per heavy atom. The molecule has 6 rings (SSSR count). The molecule has 10 nitrogen and oxygen atoms in total. The van der Waals surface area contributed by atoms with Crippen LogP contribution in [0.3, 0.4) is 0 Å². The lowest BCUT2D eigenvalue weighted by atomic mass is 10.1. The number of nitrogens with zero attached hydrogens (tertiary/aromatic N) is 5. The molecule has 0 amide bonds. The molecule has 4 heterocycles. The van der Waals surface area contributed by atoms with Crippen LogP contribution in [0.15, 0.2) is 55.1 Å². The number of anilines is 1. The molecule has 4 atom stereocenters. The molecule has 0 aliphatic carbocycles. The van der Waals surface area contributed by atoms with E-state index < -0.39 is 36.3 Å². The van der Waals surface area contributed by atoms with Gasteiger partial charge in [0.25, 0.3) is 0 Å². The molecule has 0 saturated carbocycles. The van der Waals surface area contributed by atoms with E-state index in [1.165, 1.54) is 29.4 Å². The summed E-state index contributed by atoms with van der Waals surface area (Å²) in [6.07, 6.45) is -5.86. The van der Waals surface area contributed by atoms with Crippen LogP contribution in [0.2, 0.25) is 0 Å². The molecule has 0 spiro atoms. The first kappa shape index (κ1) is 24.6. The van der Waals surface area contributed by atoms with Crippen molar-refractivity contribution in [1.82, 2.24) is 29.4 Å². The molecule has 5 N–H and O–H groups in total. The first-order chi connectivity index (χ1) is 18.2. The van der Waals surface area contributed by atoms with Gasteiger partial charge in [-0.25, -0.2) is 15.0 Å². The third kappa shape index (κ3) is 4.04. The van der Waals surface area contributed by atoms with Gasteiger partial charge in [0.15, 0.2) is 17.7 Å². The van der Waals surface area contributed by atoms with Gasteiger partial charge in [-0.05, 0) is 18.2 Å². The summed E-state index contributed by atoms with van der Waals surface area (Å²) < 4.78 is 49.5. The van der Waals surface area contributed by atoms with Gasteiger partial charge in [0.05, 0.1) is 11.9 Å². The summed E-state index contributed by atoms with van der Waals surface area (Å²) in [5.41, 5.74) is 7.17. The number of fused-ring (bicyclic) bond motifs is 4. The minimum absolute atomic E-state index is 0.187. The van der Waals surface area contributed by atoms with Crippen LogP contribution in [-0.2, 0) is 17.5 Å². The van der Waals surface area contributed by atoms with Crippen molar-refractivity contribution in [3.05, 3.63) is 60.7 Å². The number of rotatable bonds is 6. The lowest BCUT2D eigenvalue weighted by Gasteiger charge is -2.17. The Morgan fingerprint density at radius 1 is 1.00 bits per heavy atom. The molecule has 1 aliphatic heterocycles. The topological polar surface area (TPSA) is 136 Å². The van der Waals surface area contributed by atoms with Crippen LogP contribution in [0.4, 0.5) is 19.0 Å². The molecule has 2 aromatic carbocycles. The van der Waals surface area contributed by atoms with E-state index in [-0.39, 0.29) is 12.4 Å². The maximum absolute atomic E-state index is 13.4. The number of hydrogen-bond donors (Lipinski definition) is 4. The molecule has 5 aromatic rings. The number of nitrogens with one attached hydrogen (secondary N) is 1. The Labute approximate surface area is 213 Å². The predicted octanol–water partition coefficient (Wildman–Crippen LogP) is 2.44. The number of halogens is 3. The number of aliphatic hydroxyl groups excluding tert-OH is 2. The smallest absolute Gasteiger partial charge is 0.387 e. The molecular formula is C25H24F3N7O3. The summed E-state index contributed by atoms with van der Waals surface area (Å²) in [6, 6.07) is 11.2. The third-order valence-corrected chi connectivity index (χ3v) is 6.96. The Kier molecular flexibility index (Phi) is 5.94. The first-order valence-corrected chi connectivity index (χ1v) is 12.0. The van der Waals surface area contributed by atoms with Crippen molar-refractivity contribution in [3.8, 4) is 0 Å². The minimum atomic E-state index is -4.45. The lowest BCUT2D eigenvalue weighted by molar-refractivity contribution is -0.137. The van der Waals surface area contributed by atoms with Crippen molar-refractivity contribution in [1.29, 1.82) is 0 Å². The zero-order valence-electron chi connectivity index (χ0n) is 19.9. The summed E-state index contributed by atoms with van der Waals surface area (Å²) in [6.45, 7) is 0.959. The van der Waals surface area contributed by atoms with Gasteiger partial charge in [-0.15, -0.1) is 0 Å². The molecule has 13 heteroatoms. The number of imidazole rings is 1. The summed E-state index contributed by atoms with van der Waals surface area (Å²) >= 11 is 0. The molecule has 1 fully saturated rings. The molecule has 1 saturated heterocycles. The summed E-state index contributed by atoms with van der Waals surface area (Å²) in [4.78, 5) is 12.2. The van der Waals surface area contributed by atoms with Gasteiger partial charge in [-0.2, -0.15) is 13.2 Å². The summed E-state index contributed by atoms with van der Waals surface area (Å²) in [5, 5.41) is 26.1. The van der Waals surface area contributed by atoms with E-state index in [1.807, 2.05) is 28.8 Å². The second-order valence-electron chi connectivity index (χ2n) is 9.23. The predicted molar refractivity (Wildman–Crippen MR) is 133 cm³/mol. The van der Waals surface area contributed by atoms with Gasteiger partial charge in [0, 0.05) is 41.4 Å². The standard InChI is InChI=1S/C25H24F3N7O3/c26-25(27,28)13-5-6-15-14-3-1-2-4-16(14)34(17(15)9-13)8-7-30-10-18-20(36)21(37)24(38-18)35-12-33-19-22(29)31-11-32-23(19)35/h1-6,9,11-12,18,20-21,24,30,36-37H,7-8,10H2,(H2,29,31,32). The van der Waals surface area contributed by atoms with Crippen LogP contribution in [0.25, 0.3) is 33.0 Å². The SMILES string of the molecule is Nc1ncnc2c1ncn2C1OC(CNCCn2c3ccccc3c3ccc(C(F)(F)F)cc32)C(O)C1O. The molecule has 198 valence electrons. The molecule has 1 aliphatic rings. The van der Waals surface area contributed by atoms with Gasteiger partial charge < -0.3 is 30.6 Å². The number of nitrogens with two attached hydrogens (primary N) is 1. The average Bonchev–Trinajstić information content (AvgIpc) is 3.55. The number of hydrogen-bond acceptors (Lipinski definition) is 8. The second kappa shape index (κ2) is 9.20. The van der Waals surface area contributed by atoms with Crippen LogP contribution < -0.4 is 11.1 Å². The van der Waals surface area contributed by atoms with Gasteiger partial charge in [-0.1, -0.05) is 24.3 Å². The number of benzene rings is 2. The number of para-hydroxylation sites is 1. The number of aliphatic hydroxyl groups is 2. The molecule has 0 bridgehead atoms. The monoisotopic (exact) mass is 527 g/mol. The van der Waals surface area contributed by atoms with E-state index in [0.717, 1.165) is 22.4 Å². The minimum Gasteiger partial charge on any atom is -0.387 e. The Bertz CT molecular complexity index is 1630. The maximum atomic E-state index is 13.4. The van der Waals surface area contributed by atoms with Crippen molar-refractivity contribution in [2.75, 3.05) is 18.8 Å². The molecule has 3 aromatic heterocycles. The number of alkyl halides is 3. The van der Waals surface area contributed by atoms with Crippen molar-refractivity contribution in [2.45, 2.75) is 37.3 Å². The van der Waals surface area contributed by atoms with Gasteiger partial charge >= 0.3 is 6.18 Å². The normalized spacial score (nSPS) is 22.2. The highest BCUT2D eigenvalue weighted by atomic mass is 19.4.